The van der Waals surface area contributed by atoms with Crippen LogP contribution in [0.3, 0.4) is 0 Å². The lowest BCUT2D eigenvalue weighted by atomic mass is 10.1. The maximum atomic E-state index is 12.7. The molecule has 26 heavy (non-hydrogen) atoms. The molecule has 0 spiro atoms. The molecule has 2 amide bonds. The van der Waals surface area contributed by atoms with Crippen molar-refractivity contribution in [2.45, 2.75) is 32.6 Å². The number of hydrogen-bond donors (Lipinski definition) is 1. The Morgan fingerprint density at radius 1 is 1.27 bits per heavy atom. The molecule has 1 atom stereocenters. The van der Waals surface area contributed by atoms with Crippen molar-refractivity contribution >= 4 is 28.3 Å². The highest BCUT2D eigenvalue weighted by Crippen LogP contribution is 2.39. The van der Waals surface area contributed by atoms with Gasteiger partial charge < -0.3 is 9.64 Å². The van der Waals surface area contributed by atoms with Crippen molar-refractivity contribution in [2.75, 3.05) is 25.5 Å². The maximum absolute atomic E-state index is 12.7. The van der Waals surface area contributed by atoms with Crippen LogP contribution in [0, 0.1) is 0 Å². The van der Waals surface area contributed by atoms with Gasteiger partial charge in [0.25, 0.3) is 5.91 Å². The average Bonchev–Trinajstić information content (AvgIpc) is 3.22. The fourth-order valence-electron chi connectivity index (χ4n) is 3.19. The van der Waals surface area contributed by atoms with Gasteiger partial charge in [-0.2, -0.15) is 0 Å². The average molecular weight is 373 g/mol. The van der Waals surface area contributed by atoms with E-state index in [1.165, 1.54) is 11.3 Å². The number of methoxy groups -OCH3 is 1. The van der Waals surface area contributed by atoms with Gasteiger partial charge in [-0.05, 0) is 51.0 Å². The Hall–Kier alpha value is -2.41. The zero-order valence-corrected chi connectivity index (χ0v) is 16.1. The molecule has 2 aromatic rings. The van der Waals surface area contributed by atoms with E-state index in [-0.39, 0.29) is 17.7 Å². The summed E-state index contributed by atoms with van der Waals surface area (Å²) in [6.07, 6.45) is 1.64. The first-order chi connectivity index (χ1) is 12.6. The molecule has 138 valence electrons. The number of hydrogen-bond acceptors (Lipinski definition) is 5. The number of likely N-dealkylation sites (N-methyl/N-ethyl adjacent to an activating group) is 1. The second kappa shape index (κ2) is 7.86. The topological polar surface area (TPSA) is 71.5 Å². The van der Waals surface area contributed by atoms with Gasteiger partial charge >= 0.3 is 0 Å². The van der Waals surface area contributed by atoms with Gasteiger partial charge in [0.1, 0.15) is 5.75 Å². The lowest BCUT2D eigenvalue weighted by Gasteiger charge is -2.22. The van der Waals surface area contributed by atoms with Crippen LogP contribution < -0.4 is 10.1 Å². The number of aryl methyl sites for hydroxylation is 1. The minimum atomic E-state index is -0.216. The van der Waals surface area contributed by atoms with Crippen molar-refractivity contribution in [3.63, 3.8) is 0 Å². The maximum Gasteiger partial charge on any atom is 0.257 e. The third kappa shape index (κ3) is 3.58. The molecular formula is C19H23N3O3S. The van der Waals surface area contributed by atoms with E-state index in [4.69, 9.17) is 4.74 Å². The fraction of sp³-hybridized carbons (Fsp3) is 0.421. The summed E-state index contributed by atoms with van der Waals surface area (Å²) in [5.41, 5.74) is 1.37. The Labute approximate surface area is 157 Å². The summed E-state index contributed by atoms with van der Waals surface area (Å²) < 4.78 is 5.10. The third-order valence-corrected chi connectivity index (χ3v) is 5.71. The highest BCUT2D eigenvalue weighted by molar-refractivity contribution is 7.16. The monoisotopic (exact) mass is 373 g/mol. The van der Waals surface area contributed by atoms with Gasteiger partial charge in [0, 0.05) is 23.5 Å². The first-order valence-corrected chi connectivity index (χ1v) is 9.62. The molecule has 1 aliphatic carbocycles. The number of fused-ring (bicyclic) bond motifs is 1. The molecule has 1 aromatic heterocycles. The predicted molar refractivity (Wildman–Crippen MR) is 102 cm³/mol. The number of nitrogens with one attached hydrogen (secondary N) is 1. The largest absolute Gasteiger partial charge is 0.497 e. The van der Waals surface area contributed by atoms with Crippen molar-refractivity contribution in [2.24, 2.45) is 0 Å². The van der Waals surface area contributed by atoms with Crippen molar-refractivity contribution in [3.05, 3.63) is 40.4 Å². The van der Waals surface area contributed by atoms with Gasteiger partial charge in [0.2, 0.25) is 5.91 Å². The zero-order chi connectivity index (χ0) is 18.7. The quantitative estimate of drug-likeness (QED) is 0.843. The zero-order valence-electron chi connectivity index (χ0n) is 15.2. The Balaban J connectivity index is 1.73. The molecule has 1 N–H and O–H groups in total. The van der Waals surface area contributed by atoms with Crippen LogP contribution in [-0.4, -0.2) is 41.9 Å². The van der Waals surface area contributed by atoms with E-state index < -0.39 is 0 Å². The normalized spacial score (nSPS) is 15.4. The van der Waals surface area contributed by atoms with Crippen molar-refractivity contribution in [3.8, 4) is 5.75 Å². The lowest BCUT2D eigenvalue weighted by molar-refractivity contribution is -0.132. The Morgan fingerprint density at radius 2 is 1.96 bits per heavy atom. The molecule has 1 aromatic carbocycles. The minimum absolute atomic E-state index is 0.132. The van der Waals surface area contributed by atoms with E-state index in [0.29, 0.717) is 29.5 Å². The van der Waals surface area contributed by atoms with Crippen LogP contribution >= 0.6 is 11.3 Å². The molecule has 0 saturated carbocycles. The van der Waals surface area contributed by atoms with Crippen LogP contribution in [-0.2, 0) is 11.2 Å². The van der Waals surface area contributed by atoms with Gasteiger partial charge in [0.15, 0.2) is 5.13 Å². The number of aromatic nitrogens is 1. The summed E-state index contributed by atoms with van der Waals surface area (Å²) in [6, 6.07) is 6.91. The van der Waals surface area contributed by atoms with Crippen LogP contribution in [0.4, 0.5) is 5.13 Å². The lowest BCUT2D eigenvalue weighted by Crippen LogP contribution is -2.34. The summed E-state index contributed by atoms with van der Waals surface area (Å²) >= 11 is 1.46. The molecule has 6 nitrogen and oxygen atoms in total. The van der Waals surface area contributed by atoms with Crippen molar-refractivity contribution in [1.29, 1.82) is 0 Å². The molecule has 1 unspecified atom stereocenters. The number of amides is 2. The molecule has 0 bridgehead atoms. The Morgan fingerprint density at radius 3 is 2.58 bits per heavy atom. The summed E-state index contributed by atoms with van der Waals surface area (Å²) in [5, 5.41) is 3.39. The van der Waals surface area contributed by atoms with E-state index >= 15 is 0 Å². The van der Waals surface area contributed by atoms with Crippen LogP contribution in [0.5, 0.6) is 5.75 Å². The SMILES string of the molecule is CCN(CC)C(=O)C1CCc2sc(NC(=O)c3ccc(OC)cc3)nc21. The molecule has 0 fully saturated rings. The second-order valence-electron chi connectivity index (χ2n) is 6.11. The minimum Gasteiger partial charge on any atom is -0.497 e. The number of ether oxygens (including phenoxy) is 1. The smallest absolute Gasteiger partial charge is 0.257 e. The summed E-state index contributed by atoms with van der Waals surface area (Å²) in [5.74, 6) is 0.430. The molecule has 0 radical (unpaired) electrons. The number of benzene rings is 1. The number of nitrogens with zero attached hydrogens (tertiary/aromatic N) is 2. The van der Waals surface area contributed by atoms with E-state index in [2.05, 4.69) is 10.3 Å². The van der Waals surface area contributed by atoms with Crippen LogP contribution in [0.2, 0.25) is 0 Å². The first-order valence-electron chi connectivity index (χ1n) is 8.81. The summed E-state index contributed by atoms with van der Waals surface area (Å²) in [4.78, 5) is 32.6. The molecule has 7 heteroatoms. The van der Waals surface area contributed by atoms with E-state index in [1.807, 2.05) is 18.7 Å². The molecular weight excluding hydrogens is 350 g/mol. The van der Waals surface area contributed by atoms with Crippen molar-refractivity contribution in [1.82, 2.24) is 9.88 Å². The number of anilines is 1. The van der Waals surface area contributed by atoms with Gasteiger partial charge in [-0.15, -0.1) is 11.3 Å². The highest BCUT2D eigenvalue weighted by Gasteiger charge is 2.34. The van der Waals surface area contributed by atoms with Gasteiger partial charge in [-0.25, -0.2) is 4.98 Å². The molecule has 0 aliphatic heterocycles. The standard InChI is InChI=1S/C19H23N3O3S/c1-4-22(5-2)18(24)14-10-11-15-16(14)20-19(26-15)21-17(23)12-6-8-13(25-3)9-7-12/h6-9,14H,4-5,10-11H2,1-3H3,(H,20,21,23). The molecule has 1 heterocycles. The second-order valence-corrected chi connectivity index (χ2v) is 7.20. The first kappa shape index (κ1) is 18.4. The van der Waals surface area contributed by atoms with Crippen LogP contribution in [0.25, 0.3) is 0 Å². The summed E-state index contributed by atoms with van der Waals surface area (Å²) in [7, 11) is 1.59. The molecule has 3 rings (SSSR count). The van der Waals surface area contributed by atoms with Gasteiger partial charge in [-0.3, -0.25) is 14.9 Å². The molecule has 1 aliphatic rings. The van der Waals surface area contributed by atoms with E-state index in [1.54, 1.807) is 31.4 Å². The number of thiazole rings is 1. The number of carbonyl (C=O) groups is 2. The Kier molecular flexibility index (Phi) is 5.56. The van der Waals surface area contributed by atoms with E-state index in [9.17, 15) is 9.59 Å². The van der Waals surface area contributed by atoms with Gasteiger partial charge in [-0.1, -0.05) is 0 Å². The summed E-state index contributed by atoms with van der Waals surface area (Å²) in [6.45, 7) is 5.37. The highest BCUT2D eigenvalue weighted by atomic mass is 32.1. The fourth-order valence-corrected chi connectivity index (χ4v) is 4.22. The van der Waals surface area contributed by atoms with E-state index in [0.717, 1.165) is 23.4 Å². The van der Waals surface area contributed by atoms with Crippen LogP contribution in [0.1, 0.15) is 47.1 Å². The van der Waals surface area contributed by atoms with Crippen LogP contribution in [0.15, 0.2) is 24.3 Å². The predicted octanol–water partition coefficient (Wildman–Crippen LogP) is 3.30. The third-order valence-electron chi connectivity index (χ3n) is 4.66. The number of carbonyl (C=O) groups excluding carboxylic acids is 2. The number of rotatable bonds is 6. The van der Waals surface area contributed by atoms with Crippen molar-refractivity contribution < 1.29 is 14.3 Å². The molecule has 0 saturated heterocycles. The van der Waals surface area contributed by atoms with Gasteiger partial charge in [0.05, 0.1) is 18.7 Å². The Bertz CT molecular complexity index is 797.